The number of ether oxygens (including phenoxy) is 3. The lowest BCUT2D eigenvalue weighted by Gasteiger charge is -2.52. The third kappa shape index (κ3) is 4.29. The summed E-state index contributed by atoms with van der Waals surface area (Å²) in [5, 5.41) is 3.77. The summed E-state index contributed by atoms with van der Waals surface area (Å²) in [6.45, 7) is 5.40. The maximum absolute atomic E-state index is 15.0. The molecule has 7 heteroatoms. The Balaban J connectivity index is 1.36. The molecule has 2 bridgehead atoms. The van der Waals surface area contributed by atoms with Crippen molar-refractivity contribution in [1.82, 2.24) is 10.2 Å². The van der Waals surface area contributed by atoms with Crippen LogP contribution < -0.4 is 5.32 Å². The summed E-state index contributed by atoms with van der Waals surface area (Å²) in [4.78, 5) is 2.48. The summed E-state index contributed by atoms with van der Waals surface area (Å²) >= 11 is 0. The summed E-state index contributed by atoms with van der Waals surface area (Å²) in [7, 11) is 0. The smallest absolute Gasteiger partial charge is 0.108 e. The first-order valence-electron chi connectivity index (χ1n) is 12.2. The first kappa shape index (κ1) is 21.5. The number of alkyl halides is 2. The molecule has 0 aromatic carbocycles. The maximum Gasteiger partial charge on any atom is 0.108 e. The first-order chi connectivity index (χ1) is 14.6. The van der Waals surface area contributed by atoms with Gasteiger partial charge < -0.3 is 19.5 Å². The fourth-order valence-corrected chi connectivity index (χ4v) is 6.96. The highest BCUT2D eigenvalue weighted by Crippen LogP contribution is 2.43. The maximum atomic E-state index is 15.0. The number of fused-ring (bicyclic) bond motifs is 5. The van der Waals surface area contributed by atoms with E-state index in [2.05, 4.69) is 10.2 Å². The number of hydrogen-bond acceptors (Lipinski definition) is 5. The van der Waals surface area contributed by atoms with Gasteiger partial charge in [-0.15, -0.1) is 0 Å². The number of nitrogens with one attached hydrogen (secondary N) is 1. The molecule has 6 rings (SSSR count). The zero-order valence-corrected chi connectivity index (χ0v) is 18.1. The fraction of sp³-hybridized carbons (Fsp3) is 1.00. The Morgan fingerprint density at radius 3 is 2.63 bits per heavy atom. The molecule has 4 aliphatic heterocycles. The Kier molecular flexibility index (Phi) is 6.64. The topological polar surface area (TPSA) is 43.0 Å². The van der Waals surface area contributed by atoms with E-state index in [4.69, 9.17) is 14.2 Å². The van der Waals surface area contributed by atoms with Gasteiger partial charge in [0, 0.05) is 31.8 Å². The van der Waals surface area contributed by atoms with Crippen molar-refractivity contribution in [3.63, 3.8) is 0 Å². The van der Waals surface area contributed by atoms with E-state index in [1.807, 2.05) is 0 Å². The molecule has 0 aromatic rings. The molecule has 1 spiro atoms. The van der Waals surface area contributed by atoms with Gasteiger partial charge in [0.25, 0.3) is 0 Å². The van der Waals surface area contributed by atoms with Crippen molar-refractivity contribution in [2.24, 2.45) is 11.8 Å². The fourth-order valence-electron chi connectivity index (χ4n) is 6.96. The SMILES string of the molecule is FC1CC(F)C2C3CCC(CC3)OC[C@@H]3N(CCC[C@@]34COCCN4)CCOC2C1. The highest BCUT2D eigenvalue weighted by molar-refractivity contribution is 5.05. The lowest BCUT2D eigenvalue weighted by atomic mass is 9.70. The molecule has 4 heterocycles. The van der Waals surface area contributed by atoms with Crippen LogP contribution >= 0.6 is 0 Å². The lowest BCUT2D eigenvalue weighted by Crippen LogP contribution is -2.70. The molecule has 5 nitrogen and oxygen atoms in total. The van der Waals surface area contributed by atoms with Gasteiger partial charge in [-0.2, -0.15) is 0 Å². The summed E-state index contributed by atoms with van der Waals surface area (Å²) < 4.78 is 47.8. The summed E-state index contributed by atoms with van der Waals surface area (Å²) in [5.41, 5.74) is -0.0602. The largest absolute Gasteiger partial charge is 0.378 e. The van der Waals surface area contributed by atoms with Crippen molar-refractivity contribution in [3.8, 4) is 0 Å². The van der Waals surface area contributed by atoms with E-state index in [-0.39, 0.29) is 36.1 Å². The first-order valence-corrected chi connectivity index (χ1v) is 12.2. The Morgan fingerprint density at radius 1 is 0.967 bits per heavy atom. The highest BCUT2D eigenvalue weighted by Gasteiger charge is 2.48. The Bertz CT molecular complexity index is 563. The van der Waals surface area contributed by atoms with Gasteiger partial charge in [-0.05, 0) is 51.0 Å². The Labute approximate surface area is 179 Å². The molecule has 6 atom stereocenters. The van der Waals surface area contributed by atoms with Crippen LogP contribution in [0, 0.1) is 11.8 Å². The van der Waals surface area contributed by atoms with E-state index >= 15 is 0 Å². The second kappa shape index (κ2) is 9.26. The van der Waals surface area contributed by atoms with E-state index < -0.39 is 12.3 Å². The van der Waals surface area contributed by atoms with Crippen LogP contribution in [0.2, 0.25) is 0 Å². The van der Waals surface area contributed by atoms with Crippen LogP contribution in [0.3, 0.4) is 0 Å². The van der Waals surface area contributed by atoms with Crippen molar-refractivity contribution in [1.29, 1.82) is 0 Å². The zero-order valence-electron chi connectivity index (χ0n) is 18.1. The summed E-state index contributed by atoms with van der Waals surface area (Å²) in [6.07, 6.45) is 4.29. The Morgan fingerprint density at radius 2 is 1.83 bits per heavy atom. The molecule has 0 amide bonds. The summed E-state index contributed by atoms with van der Waals surface area (Å²) in [5.74, 6) is 0.135. The van der Waals surface area contributed by atoms with Crippen LogP contribution in [0.5, 0.6) is 0 Å². The molecule has 2 aliphatic carbocycles. The van der Waals surface area contributed by atoms with Crippen LogP contribution in [-0.4, -0.2) is 87.1 Å². The van der Waals surface area contributed by atoms with Crippen molar-refractivity contribution >= 4 is 0 Å². The molecule has 1 N–H and O–H groups in total. The Hall–Kier alpha value is -0.340. The normalized spacial score (nSPS) is 48.8. The van der Waals surface area contributed by atoms with E-state index in [1.165, 1.54) is 0 Å². The van der Waals surface area contributed by atoms with E-state index in [0.717, 1.165) is 71.4 Å². The summed E-state index contributed by atoms with van der Waals surface area (Å²) in [6, 6.07) is 0.249. The third-order valence-electron chi connectivity index (χ3n) is 8.51. The number of rotatable bonds is 0. The highest BCUT2D eigenvalue weighted by atomic mass is 19.1. The molecule has 0 aromatic heterocycles. The minimum atomic E-state index is -1.08. The minimum absolute atomic E-state index is 0.0450. The second-order valence-corrected chi connectivity index (χ2v) is 10.2. The lowest BCUT2D eigenvalue weighted by molar-refractivity contribution is -0.0996. The van der Waals surface area contributed by atoms with Crippen LogP contribution in [0.1, 0.15) is 51.4 Å². The van der Waals surface area contributed by atoms with E-state index in [9.17, 15) is 8.78 Å². The second-order valence-electron chi connectivity index (χ2n) is 10.2. The number of morpholine rings is 1. The van der Waals surface area contributed by atoms with Crippen LogP contribution in [-0.2, 0) is 14.2 Å². The van der Waals surface area contributed by atoms with Gasteiger partial charge in [0.05, 0.1) is 50.2 Å². The van der Waals surface area contributed by atoms with Gasteiger partial charge in [-0.3, -0.25) is 4.90 Å². The molecule has 0 radical (unpaired) electrons. The molecule has 4 unspecified atom stereocenters. The van der Waals surface area contributed by atoms with E-state index in [0.29, 0.717) is 25.6 Å². The quantitative estimate of drug-likeness (QED) is 0.643. The van der Waals surface area contributed by atoms with Gasteiger partial charge in [-0.1, -0.05) is 0 Å². The molecule has 4 saturated heterocycles. The average molecular weight is 429 g/mol. The van der Waals surface area contributed by atoms with Crippen LogP contribution in [0.25, 0.3) is 0 Å². The predicted molar refractivity (Wildman–Crippen MR) is 110 cm³/mol. The van der Waals surface area contributed by atoms with Crippen molar-refractivity contribution in [3.05, 3.63) is 0 Å². The van der Waals surface area contributed by atoms with Gasteiger partial charge in [0.2, 0.25) is 0 Å². The number of hydrogen-bond donors (Lipinski definition) is 1. The average Bonchev–Trinajstić information content (AvgIpc) is 2.76. The minimum Gasteiger partial charge on any atom is -0.378 e. The van der Waals surface area contributed by atoms with Gasteiger partial charge in [0.15, 0.2) is 0 Å². The van der Waals surface area contributed by atoms with Gasteiger partial charge in [0.1, 0.15) is 12.3 Å². The van der Waals surface area contributed by atoms with Crippen molar-refractivity contribution in [2.75, 3.05) is 46.1 Å². The monoisotopic (exact) mass is 428 g/mol. The third-order valence-corrected chi connectivity index (χ3v) is 8.51. The van der Waals surface area contributed by atoms with Crippen molar-refractivity contribution < 1.29 is 23.0 Å². The molecule has 2 saturated carbocycles. The standard InChI is InChI=1S/C23H38F2N2O3/c24-17-12-19(25)22-16-2-4-18(5-3-16)30-14-21-23(15-28-10-7-26-23)6-1-8-27(21)9-11-29-20(22)13-17/h16-22,26H,1-15H2/t16?,17?,18?,19?,20?,21-,22?,23+/m0/s1. The molecule has 172 valence electrons. The number of piperidine rings is 1. The number of nitrogens with zero attached hydrogens (tertiary/aromatic N) is 1. The molecular formula is C23H38F2N2O3. The molecule has 6 aliphatic rings. The molecule has 30 heavy (non-hydrogen) atoms. The predicted octanol–water partition coefficient (Wildman–Crippen LogP) is 2.87. The van der Waals surface area contributed by atoms with Crippen LogP contribution in [0.4, 0.5) is 8.78 Å². The van der Waals surface area contributed by atoms with Gasteiger partial charge in [-0.25, -0.2) is 8.78 Å². The van der Waals surface area contributed by atoms with Gasteiger partial charge >= 0.3 is 0 Å². The number of halogens is 2. The van der Waals surface area contributed by atoms with Crippen molar-refractivity contribution in [2.45, 2.75) is 87.5 Å². The molecular weight excluding hydrogens is 390 g/mol. The van der Waals surface area contributed by atoms with Crippen LogP contribution in [0.15, 0.2) is 0 Å². The van der Waals surface area contributed by atoms with E-state index in [1.54, 1.807) is 0 Å². The molecule has 6 fully saturated rings. The zero-order chi connectivity index (χ0) is 20.6.